The summed E-state index contributed by atoms with van der Waals surface area (Å²) in [4.78, 5) is 4.66. The van der Waals surface area contributed by atoms with Gasteiger partial charge < -0.3 is 10.1 Å². The first kappa shape index (κ1) is 13.5. The fraction of sp³-hybridized carbons (Fsp3) is 0.308. The van der Waals surface area contributed by atoms with E-state index in [2.05, 4.69) is 38.5 Å². The van der Waals surface area contributed by atoms with Gasteiger partial charge >= 0.3 is 0 Å². The lowest BCUT2D eigenvalue weighted by Crippen LogP contribution is -2.12. The van der Waals surface area contributed by atoms with Crippen molar-refractivity contribution in [3.8, 4) is 16.3 Å². The van der Waals surface area contributed by atoms with Gasteiger partial charge in [0.15, 0.2) is 0 Å². The Morgan fingerprint density at radius 1 is 1.44 bits per heavy atom. The highest BCUT2D eigenvalue weighted by Crippen LogP contribution is 2.34. The van der Waals surface area contributed by atoms with E-state index in [1.807, 2.05) is 25.2 Å². The van der Waals surface area contributed by atoms with Crippen molar-refractivity contribution in [2.24, 2.45) is 0 Å². The van der Waals surface area contributed by atoms with Crippen molar-refractivity contribution in [1.82, 2.24) is 10.3 Å². The predicted molar refractivity (Wildman–Crippen MR) is 79.3 cm³/mol. The van der Waals surface area contributed by atoms with Crippen LogP contribution in [0.2, 0.25) is 0 Å². The summed E-state index contributed by atoms with van der Waals surface area (Å²) in [5, 5.41) is 6.27. The average Bonchev–Trinajstić information content (AvgIpc) is 2.88. The molecular weight excluding hydrogens is 312 g/mol. The van der Waals surface area contributed by atoms with Gasteiger partial charge in [-0.05, 0) is 32.2 Å². The third-order valence-corrected chi connectivity index (χ3v) is 4.39. The number of rotatable bonds is 4. The molecule has 3 nitrogen and oxygen atoms in total. The van der Waals surface area contributed by atoms with E-state index in [1.165, 1.54) is 0 Å². The van der Waals surface area contributed by atoms with Crippen LogP contribution in [0.15, 0.2) is 28.1 Å². The molecule has 1 atom stereocenters. The van der Waals surface area contributed by atoms with Gasteiger partial charge in [-0.3, -0.25) is 0 Å². The fourth-order valence-corrected chi connectivity index (χ4v) is 3.06. The van der Waals surface area contributed by atoms with Crippen LogP contribution in [-0.4, -0.2) is 19.1 Å². The molecule has 1 heterocycles. The van der Waals surface area contributed by atoms with E-state index >= 15 is 0 Å². The predicted octanol–water partition coefficient (Wildman–Crippen LogP) is 3.86. The first-order valence-corrected chi connectivity index (χ1v) is 7.29. The lowest BCUT2D eigenvalue weighted by atomic mass is 10.2. The summed E-state index contributed by atoms with van der Waals surface area (Å²) < 4.78 is 6.28. The van der Waals surface area contributed by atoms with Crippen molar-refractivity contribution < 1.29 is 4.74 Å². The molecule has 5 heteroatoms. The zero-order valence-electron chi connectivity index (χ0n) is 10.5. The van der Waals surface area contributed by atoms with Crippen LogP contribution in [0.3, 0.4) is 0 Å². The summed E-state index contributed by atoms with van der Waals surface area (Å²) in [6.07, 6.45) is 0. The number of hydrogen-bond acceptors (Lipinski definition) is 4. The van der Waals surface area contributed by atoms with E-state index in [4.69, 9.17) is 4.74 Å². The standard InChI is InChI=1S/C13H15BrN2OS/c1-8(15-2)12-7-18-13(16-12)10-6-9(17-3)4-5-11(10)14/h4-8,15H,1-3H3. The molecule has 0 saturated carbocycles. The van der Waals surface area contributed by atoms with E-state index < -0.39 is 0 Å². The van der Waals surface area contributed by atoms with Gasteiger partial charge in [0.2, 0.25) is 0 Å². The van der Waals surface area contributed by atoms with E-state index in [9.17, 15) is 0 Å². The Morgan fingerprint density at radius 2 is 2.22 bits per heavy atom. The van der Waals surface area contributed by atoms with Crippen LogP contribution in [0.25, 0.3) is 10.6 Å². The molecule has 1 N–H and O–H groups in total. The molecule has 18 heavy (non-hydrogen) atoms. The molecule has 2 aromatic rings. The molecule has 0 bridgehead atoms. The zero-order chi connectivity index (χ0) is 13.1. The van der Waals surface area contributed by atoms with Crippen LogP contribution in [0.1, 0.15) is 18.7 Å². The minimum Gasteiger partial charge on any atom is -0.497 e. The molecule has 0 aliphatic carbocycles. The average molecular weight is 327 g/mol. The number of halogens is 1. The van der Waals surface area contributed by atoms with Crippen molar-refractivity contribution in [1.29, 1.82) is 0 Å². The van der Waals surface area contributed by atoms with Crippen LogP contribution in [0, 0.1) is 0 Å². The molecule has 1 unspecified atom stereocenters. The van der Waals surface area contributed by atoms with E-state index in [1.54, 1.807) is 18.4 Å². The molecule has 96 valence electrons. The highest BCUT2D eigenvalue weighted by atomic mass is 79.9. The number of ether oxygens (including phenoxy) is 1. The Hall–Kier alpha value is -0.910. The van der Waals surface area contributed by atoms with Crippen LogP contribution in [0.5, 0.6) is 5.75 Å². The van der Waals surface area contributed by atoms with Gasteiger partial charge in [0.05, 0.1) is 12.8 Å². The SMILES string of the molecule is CNC(C)c1csc(-c2cc(OC)ccc2Br)n1. The Balaban J connectivity index is 2.39. The first-order valence-electron chi connectivity index (χ1n) is 5.62. The molecule has 0 saturated heterocycles. The Labute approximate surface area is 119 Å². The van der Waals surface area contributed by atoms with E-state index in [-0.39, 0.29) is 6.04 Å². The number of nitrogens with zero attached hydrogens (tertiary/aromatic N) is 1. The molecule has 0 radical (unpaired) electrons. The maximum Gasteiger partial charge on any atom is 0.124 e. The van der Waals surface area contributed by atoms with Crippen LogP contribution in [-0.2, 0) is 0 Å². The summed E-state index contributed by atoms with van der Waals surface area (Å²) >= 11 is 5.20. The zero-order valence-corrected chi connectivity index (χ0v) is 12.9. The van der Waals surface area contributed by atoms with Gasteiger partial charge in [-0.15, -0.1) is 11.3 Å². The molecule has 0 fully saturated rings. The van der Waals surface area contributed by atoms with Gasteiger partial charge in [0, 0.05) is 21.5 Å². The lowest BCUT2D eigenvalue weighted by molar-refractivity contribution is 0.415. The molecule has 0 aliphatic rings. The maximum absolute atomic E-state index is 5.25. The van der Waals surface area contributed by atoms with E-state index in [0.717, 1.165) is 26.5 Å². The Bertz CT molecular complexity index is 542. The lowest BCUT2D eigenvalue weighted by Gasteiger charge is -2.06. The highest BCUT2D eigenvalue weighted by Gasteiger charge is 2.12. The second kappa shape index (κ2) is 5.82. The van der Waals surface area contributed by atoms with Crippen molar-refractivity contribution >= 4 is 27.3 Å². The molecule has 0 aliphatic heterocycles. The third kappa shape index (κ3) is 2.74. The summed E-state index contributed by atoms with van der Waals surface area (Å²) in [5.41, 5.74) is 2.13. The number of thiazole rings is 1. The number of benzene rings is 1. The molecule has 1 aromatic carbocycles. The smallest absolute Gasteiger partial charge is 0.124 e. The minimum absolute atomic E-state index is 0.263. The van der Waals surface area contributed by atoms with Gasteiger partial charge in [-0.2, -0.15) is 0 Å². The number of hydrogen-bond donors (Lipinski definition) is 1. The normalized spacial score (nSPS) is 12.4. The highest BCUT2D eigenvalue weighted by molar-refractivity contribution is 9.10. The van der Waals surface area contributed by atoms with Gasteiger partial charge in [0.1, 0.15) is 10.8 Å². The first-order chi connectivity index (χ1) is 8.65. The van der Waals surface area contributed by atoms with Crippen LogP contribution >= 0.6 is 27.3 Å². The second-order valence-electron chi connectivity index (χ2n) is 3.93. The molecular formula is C13H15BrN2OS. The summed E-state index contributed by atoms with van der Waals surface area (Å²) in [5.74, 6) is 0.839. The number of methoxy groups -OCH3 is 1. The van der Waals surface area contributed by atoms with Gasteiger partial charge in [-0.25, -0.2) is 4.98 Å². The van der Waals surface area contributed by atoms with Crippen molar-refractivity contribution in [3.05, 3.63) is 33.7 Å². The van der Waals surface area contributed by atoms with Crippen molar-refractivity contribution in [2.75, 3.05) is 14.2 Å². The van der Waals surface area contributed by atoms with Gasteiger partial charge in [0.25, 0.3) is 0 Å². The fourth-order valence-electron chi connectivity index (χ4n) is 1.55. The quantitative estimate of drug-likeness (QED) is 0.926. The third-order valence-electron chi connectivity index (χ3n) is 2.80. The monoisotopic (exact) mass is 326 g/mol. The number of aromatic nitrogens is 1. The topological polar surface area (TPSA) is 34.1 Å². The minimum atomic E-state index is 0.263. The number of nitrogens with one attached hydrogen (secondary N) is 1. The Morgan fingerprint density at radius 3 is 2.89 bits per heavy atom. The van der Waals surface area contributed by atoms with Crippen LogP contribution in [0.4, 0.5) is 0 Å². The van der Waals surface area contributed by atoms with Crippen molar-refractivity contribution in [2.45, 2.75) is 13.0 Å². The second-order valence-corrected chi connectivity index (χ2v) is 5.65. The summed E-state index contributed by atoms with van der Waals surface area (Å²) in [6.45, 7) is 2.10. The van der Waals surface area contributed by atoms with Crippen molar-refractivity contribution in [3.63, 3.8) is 0 Å². The summed E-state index contributed by atoms with van der Waals surface area (Å²) in [7, 11) is 3.61. The maximum atomic E-state index is 5.25. The van der Waals surface area contributed by atoms with Gasteiger partial charge in [-0.1, -0.05) is 15.9 Å². The molecule has 1 aromatic heterocycles. The summed E-state index contributed by atoms with van der Waals surface area (Å²) in [6, 6.07) is 6.17. The largest absolute Gasteiger partial charge is 0.497 e. The Kier molecular flexibility index (Phi) is 4.37. The van der Waals surface area contributed by atoms with Crippen LogP contribution < -0.4 is 10.1 Å². The molecule has 0 spiro atoms. The molecule has 2 rings (SSSR count). The van der Waals surface area contributed by atoms with E-state index in [0.29, 0.717) is 0 Å². The molecule has 0 amide bonds.